The van der Waals surface area contributed by atoms with Crippen molar-refractivity contribution in [1.82, 2.24) is 15.5 Å². The van der Waals surface area contributed by atoms with Gasteiger partial charge in [-0.25, -0.2) is 0 Å². The number of aromatic amines is 1. The van der Waals surface area contributed by atoms with Crippen LogP contribution < -0.4 is 10.6 Å². The Balaban J connectivity index is 1.76. The zero-order valence-corrected chi connectivity index (χ0v) is 8.62. The first-order chi connectivity index (χ1) is 7.34. The number of hydrogen-bond acceptors (Lipinski definition) is 3. The summed E-state index contributed by atoms with van der Waals surface area (Å²) < 4.78 is 0. The van der Waals surface area contributed by atoms with E-state index in [4.69, 9.17) is 0 Å². The monoisotopic (exact) mass is 208 g/mol. The van der Waals surface area contributed by atoms with Gasteiger partial charge in [0.15, 0.2) is 0 Å². The number of piperidine rings is 1. The highest BCUT2D eigenvalue weighted by Gasteiger charge is 2.16. The van der Waals surface area contributed by atoms with Crippen LogP contribution in [0.25, 0.3) is 0 Å². The number of amides is 1. The Morgan fingerprint density at radius 3 is 3.00 bits per heavy atom. The Labute approximate surface area is 88.6 Å². The van der Waals surface area contributed by atoms with Crippen LogP contribution in [0.1, 0.15) is 19.3 Å². The molecule has 82 valence electrons. The zero-order valence-electron chi connectivity index (χ0n) is 8.62. The molecule has 1 amide bonds. The van der Waals surface area contributed by atoms with E-state index in [1.54, 1.807) is 12.4 Å². The molecule has 0 aromatic carbocycles. The van der Waals surface area contributed by atoms with Gasteiger partial charge in [-0.2, -0.15) is 5.10 Å². The SMILES string of the molecule is O=C(CC1CCNCC1)Nc1cn[nH]c1. The first-order valence-corrected chi connectivity index (χ1v) is 5.34. The lowest BCUT2D eigenvalue weighted by molar-refractivity contribution is -0.117. The summed E-state index contributed by atoms with van der Waals surface area (Å²) in [6, 6.07) is 0. The maximum absolute atomic E-state index is 11.6. The lowest BCUT2D eigenvalue weighted by Crippen LogP contribution is -2.30. The van der Waals surface area contributed by atoms with Crippen molar-refractivity contribution < 1.29 is 4.79 Å². The van der Waals surface area contributed by atoms with E-state index in [1.165, 1.54) is 0 Å². The molecule has 1 fully saturated rings. The minimum absolute atomic E-state index is 0.0864. The summed E-state index contributed by atoms with van der Waals surface area (Å²) >= 11 is 0. The topological polar surface area (TPSA) is 69.8 Å². The Morgan fingerprint density at radius 2 is 2.33 bits per heavy atom. The van der Waals surface area contributed by atoms with Crippen molar-refractivity contribution in [3.8, 4) is 0 Å². The van der Waals surface area contributed by atoms with Crippen molar-refractivity contribution in [2.45, 2.75) is 19.3 Å². The smallest absolute Gasteiger partial charge is 0.224 e. The van der Waals surface area contributed by atoms with Crippen molar-refractivity contribution in [3.63, 3.8) is 0 Å². The third kappa shape index (κ3) is 3.06. The molecule has 2 heterocycles. The number of H-pyrrole nitrogens is 1. The molecule has 1 aromatic rings. The van der Waals surface area contributed by atoms with Gasteiger partial charge in [0.25, 0.3) is 0 Å². The van der Waals surface area contributed by atoms with E-state index in [9.17, 15) is 4.79 Å². The molecule has 0 spiro atoms. The summed E-state index contributed by atoms with van der Waals surface area (Å²) in [6.45, 7) is 2.06. The summed E-state index contributed by atoms with van der Waals surface area (Å²) in [5.74, 6) is 0.612. The predicted octanol–water partition coefficient (Wildman–Crippen LogP) is 0.738. The number of carbonyl (C=O) groups is 1. The second kappa shape index (κ2) is 4.93. The molecule has 3 N–H and O–H groups in total. The largest absolute Gasteiger partial charge is 0.323 e. The maximum atomic E-state index is 11.6. The highest BCUT2D eigenvalue weighted by molar-refractivity contribution is 5.90. The van der Waals surface area contributed by atoms with E-state index in [1.807, 2.05) is 0 Å². The molecule has 1 aliphatic rings. The van der Waals surface area contributed by atoms with Gasteiger partial charge in [0, 0.05) is 12.6 Å². The van der Waals surface area contributed by atoms with Crippen LogP contribution in [0.3, 0.4) is 0 Å². The van der Waals surface area contributed by atoms with Gasteiger partial charge in [0.2, 0.25) is 5.91 Å². The standard InChI is InChI=1S/C10H16N4O/c15-10(14-9-6-12-13-7-9)5-8-1-3-11-4-2-8/h6-8,11H,1-5H2,(H,12,13)(H,14,15). The summed E-state index contributed by atoms with van der Waals surface area (Å²) in [5, 5.41) is 12.5. The zero-order chi connectivity index (χ0) is 10.5. The molecule has 0 atom stereocenters. The molecule has 1 saturated heterocycles. The normalized spacial score (nSPS) is 17.6. The molecule has 1 aliphatic heterocycles. The van der Waals surface area contributed by atoms with Gasteiger partial charge >= 0.3 is 0 Å². The number of rotatable bonds is 3. The molecule has 15 heavy (non-hydrogen) atoms. The minimum atomic E-state index is 0.0864. The van der Waals surface area contributed by atoms with Gasteiger partial charge < -0.3 is 10.6 Å². The molecular formula is C10H16N4O. The predicted molar refractivity (Wildman–Crippen MR) is 57.4 cm³/mol. The number of nitrogens with zero attached hydrogens (tertiary/aromatic N) is 1. The van der Waals surface area contributed by atoms with Crippen molar-refractivity contribution in [2.24, 2.45) is 5.92 Å². The number of aromatic nitrogens is 2. The second-order valence-corrected chi connectivity index (χ2v) is 3.93. The third-order valence-electron chi connectivity index (χ3n) is 2.71. The molecule has 0 radical (unpaired) electrons. The van der Waals surface area contributed by atoms with Crippen LogP contribution in [0.5, 0.6) is 0 Å². The molecule has 0 unspecified atom stereocenters. The summed E-state index contributed by atoms with van der Waals surface area (Å²) in [4.78, 5) is 11.6. The van der Waals surface area contributed by atoms with Gasteiger partial charge in [-0.3, -0.25) is 9.89 Å². The molecule has 0 saturated carbocycles. The maximum Gasteiger partial charge on any atom is 0.224 e. The lowest BCUT2D eigenvalue weighted by atomic mass is 9.94. The molecular weight excluding hydrogens is 192 g/mol. The minimum Gasteiger partial charge on any atom is -0.323 e. The van der Waals surface area contributed by atoms with Gasteiger partial charge in [0.05, 0.1) is 11.9 Å². The Kier molecular flexibility index (Phi) is 3.34. The van der Waals surface area contributed by atoms with Gasteiger partial charge in [-0.15, -0.1) is 0 Å². The van der Waals surface area contributed by atoms with Crippen molar-refractivity contribution in [2.75, 3.05) is 18.4 Å². The van der Waals surface area contributed by atoms with Crippen LogP contribution in [0.4, 0.5) is 5.69 Å². The van der Waals surface area contributed by atoms with E-state index >= 15 is 0 Å². The first kappa shape index (κ1) is 10.2. The Bertz CT molecular complexity index is 303. The fourth-order valence-corrected chi connectivity index (χ4v) is 1.88. The van der Waals surface area contributed by atoms with Crippen LogP contribution in [-0.2, 0) is 4.79 Å². The molecule has 5 heteroatoms. The van der Waals surface area contributed by atoms with Gasteiger partial charge in [0.1, 0.15) is 0 Å². The summed E-state index contributed by atoms with van der Waals surface area (Å²) in [6.07, 6.45) is 6.10. The van der Waals surface area contributed by atoms with Crippen LogP contribution >= 0.6 is 0 Å². The van der Waals surface area contributed by atoms with Gasteiger partial charge in [-0.1, -0.05) is 0 Å². The fourth-order valence-electron chi connectivity index (χ4n) is 1.88. The average molecular weight is 208 g/mol. The quantitative estimate of drug-likeness (QED) is 0.686. The Morgan fingerprint density at radius 1 is 1.53 bits per heavy atom. The number of nitrogens with one attached hydrogen (secondary N) is 3. The van der Waals surface area contributed by atoms with Crippen molar-refractivity contribution in [1.29, 1.82) is 0 Å². The van der Waals surface area contributed by atoms with Crippen molar-refractivity contribution >= 4 is 11.6 Å². The van der Waals surface area contributed by atoms with Gasteiger partial charge in [-0.05, 0) is 31.8 Å². The molecule has 5 nitrogen and oxygen atoms in total. The second-order valence-electron chi connectivity index (χ2n) is 3.93. The number of carbonyl (C=O) groups excluding carboxylic acids is 1. The van der Waals surface area contributed by atoms with Crippen LogP contribution in [0, 0.1) is 5.92 Å². The van der Waals surface area contributed by atoms with E-state index < -0.39 is 0 Å². The van der Waals surface area contributed by atoms with E-state index in [0.29, 0.717) is 12.3 Å². The fraction of sp³-hybridized carbons (Fsp3) is 0.600. The average Bonchev–Trinajstić information content (AvgIpc) is 2.71. The highest BCUT2D eigenvalue weighted by atomic mass is 16.1. The van der Waals surface area contributed by atoms with Crippen LogP contribution in [-0.4, -0.2) is 29.2 Å². The van der Waals surface area contributed by atoms with E-state index in [0.717, 1.165) is 31.6 Å². The third-order valence-corrected chi connectivity index (χ3v) is 2.71. The first-order valence-electron chi connectivity index (χ1n) is 5.34. The molecule has 1 aromatic heterocycles. The summed E-state index contributed by atoms with van der Waals surface area (Å²) in [5.41, 5.74) is 0.744. The van der Waals surface area contributed by atoms with Crippen LogP contribution in [0.15, 0.2) is 12.4 Å². The molecule has 0 bridgehead atoms. The molecule has 2 rings (SSSR count). The summed E-state index contributed by atoms with van der Waals surface area (Å²) in [7, 11) is 0. The van der Waals surface area contributed by atoms with E-state index in [-0.39, 0.29) is 5.91 Å². The van der Waals surface area contributed by atoms with Crippen molar-refractivity contribution in [3.05, 3.63) is 12.4 Å². The number of anilines is 1. The van der Waals surface area contributed by atoms with Crippen LogP contribution in [0.2, 0.25) is 0 Å². The lowest BCUT2D eigenvalue weighted by Gasteiger charge is -2.21. The highest BCUT2D eigenvalue weighted by Crippen LogP contribution is 2.16. The van der Waals surface area contributed by atoms with E-state index in [2.05, 4.69) is 20.8 Å². The Hall–Kier alpha value is -1.36. The molecule has 0 aliphatic carbocycles. The number of hydrogen-bond donors (Lipinski definition) is 3.